The average Bonchev–Trinajstić information content (AvgIpc) is 2.53. The van der Waals surface area contributed by atoms with Crippen LogP contribution < -0.4 is 10.1 Å². The fraction of sp³-hybridized carbons (Fsp3) is 0.278. The Morgan fingerprint density at radius 2 is 1.88 bits per heavy atom. The van der Waals surface area contributed by atoms with Crippen molar-refractivity contribution >= 4 is 34.9 Å². The van der Waals surface area contributed by atoms with Crippen molar-refractivity contribution in [2.45, 2.75) is 20.3 Å². The predicted molar refractivity (Wildman–Crippen MR) is 97.9 cm³/mol. The van der Waals surface area contributed by atoms with E-state index in [4.69, 9.17) is 27.9 Å². The van der Waals surface area contributed by atoms with Gasteiger partial charge in [0.05, 0.1) is 22.9 Å². The highest BCUT2D eigenvalue weighted by Gasteiger charge is 2.12. The molecule has 0 aliphatic heterocycles. The number of aromatic carboxylic acids is 1. The lowest BCUT2D eigenvalue weighted by atomic mass is 10.1. The van der Waals surface area contributed by atoms with Crippen molar-refractivity contribution in [1.29, 1.82) is 0 Å². The van der Waals surface area contributed by atoms with E-state index in [1.807, 2.05) is 26.0 Å². The number of anilines is 1. The van der Waals surface area contributed by atoms with E-state index in [2.05, 4.69) is 5.32 Å². The maximum atomic E-state index is 11.2. The molecule has 2 rings (SSSR count). The Hall–Kier alpha value is -1.91. The second-order valence-corrected chi connectivity index (χ2v) is 6.25. The summed E-state index contributed by atoms with van der Waals surface area (Å²) in [6, 6.07) is 8.60. The largest absolute Gasteiger partial charge is 0.494 e. The van der Waals surface area contributed by atoms with Gasteiger partial charge < -0.3 is 15.2 Å². The third-order valence-electron chi connectivity index (χ3n) is 3.55. The first-order valence-electron chi connectivity index (χ1n) is 7.55. The number of benzene rings is 2. The Morgan fingerprint density at radius 1 is 1.21 bits per heavy atom. The van der Waals surface area contributed by atoms with E-state index in [1.165, 1.54) is 6.07 Å². The monoisotopic (exact) mass is 367 g/mol. The summed E-state index contributed by atoms with van der Waals surface area (Å²) in [5.41, 5.74) is 2.55. The van der Waals surface area contributed by atoms with Gasteiger partial charge in [0.25, 0.3) is 0 Å². The standard InChI is InChI=1S/C18H19Cl2NO3/c1-11-9-13(10-12(2)16(11)20)24-8-4-7-21-17-14(18(22)23)5-3-6-15(17)19/h3,5-6,9-10,21H,4,7-8H2,1-2H3,(H,22,23). The predicted octanol–water partition coefficient (Wildman–Crippen LogP) is 5.19. The molecular weight excluding hydrogens is 349 g/mol. The van der Waals surface area contributed by atoms with Gasteiger partial charge in [-0.25, -0.2) is 4.79 Å². The smallest absolute Gasteiger partial charge is 0.337 e. The third-order valence-corrected chi connectivity index (χ3v) is 4.46. The molecule has 0 spiro atoms. The highest BCUT2D eigenvalue weighted by Crippen LogP contribution is 2.27. The van der Waals surface area contributed by atoms with Gasteiger partial charge in [0.2, 0.25) is 0 Å². The molecule has 0 bridgehead atoms. The van der Waals surface area contributed by atoms with E-state index < -0.39 is 5.97 Å². The minimum absolute atomic E-state index is 0.160. The molecule has 0 aliphatic carbocycles. The highest BCUT2D eigenvalue weighted by atomic mass is 35.5. The van der Waals surface area contributed by atoms with E-state index in [9.17, 15) is 9.90 Å². The summed E-state index contributed by atoms with van der Waals surface area (Å²) in [4.78, 5) is 11.2. The molecule has 4 nitrogen and oxygen atoms in total. The van der Waals surface area contributed by atoms with E-state index in [0.717, 1.165) is 21.9 Å². The number of hydrogen-bond acceptors (Lipinski definition) is 3. The number of halogens is 2. The number of carboxylic acid groups (broad SMARTS) is 1. The van der Waals surface area contributed by atoms with Crippen molar-refractivity contribution in [3.05, 3.63) is 57.1 Å². The fourth-order valence-corrected chi connectivity index (χ4v) is 2.70. The van der Waals surface area contributed by atoms with Crippen LogP contribution in [0.25, 0.3) is 0 Å². The summed E-state index contributed by atoms with van der Waals surface area (Å²) in [7, 11) is 0. The van der Waals surface area contributed by atoms with Crippen LogP contribution in [0.2, 0.25) is 10.0 Å². The van der Waals surface area contributed by atoms with Gasteiger partial charge in [0.1, 0.15) is 5.75 Å². The fourth-order valence-electron chi connectivity index (χ4n) is 2.35. The molecule has 0 fully saturated rings. The minimum atomic E-state index is -1.01. The lowest BCUT2D eigenvalue weighted by Gasteiger charge is -2.13. The molecule has 0 saturated heterocycles. The number of hydrogen-bond donors (Lipinski definition) is 2. The first-order valence-corrected chi connectivity index (χ1v) is 8.31. The summed E-state index contributed by atoms with van der Waals surface area (Å²) in [5.74, 6) is -0.235. The maximum absolute atomic E-state index is 11.2. The van der Waals surface area contributed by atoms with Crippen molar-refractivity contribution in [1.82, 2.24) is 0 Å². The maximum Gasteiger partial charge on any atom is 0.337 e. The van der Waals surface area contributed by atoms with Crippen LogP contribution in [0.4, 0.5) is 5.69 Å². The highest BCUT2D eigenvalue weighted by molar-refractivity contribution is 6.34. The number of carboxylic acids is 1. The number of rotatable bonds is 7. The first kappa shape index (κ1) is 18.4. The number of aryl methyl sites for hydroxylation is 2. The van der Waals surface area contributed by atoms with Crippen molar-refractivity contribution in [3.8, 4) is 5.75 Å². The van der Waals surface area contributed by atoms with Gasteiger partial charge >= 0.3 is 5.97 Å². The van der Waals surface area contributed by atoms with Crippen LogP contribution in [-0.2, 0) is 0 Å². The van der Waals surface area contributed by atoms with Crippen LogP contribution in [0.15, 0.2) is 30.3 Å². The number of carbonyl (C=O) groups is 1. The summed E-state index contributed by atoms with van der Waals surface area (Å²) >= 11 is 12.2. The number of para-hydroxylation sites is 1. The Labute approximate surface area is 151 Å². The van der Waals surface area contributed by atoms with E-state index in [0.29, 0.717) is 30.3 Å². The lowest BCUT2D eigenvalue weighted by molar-refractivity contribution is 0.0698. The molecule has 0 saturated carbocycles. The second kappa shape index (κ2) is 8.27. The van der Waals surface area contributed by atoms with Crippen molar-refractivity contribution in [2.24, 2.45) is 0 Å². The van der Waals surface area contributed by atoms with Gasteiger partial charge in [-0.05, 0) is 55.7 Å². The average molecular weight is 368 g/mol. The number of ether oxygens (including phenoxy) is 1. The third kappa shape index (κ3) is 4.56. The van der Waals surface area contributed by atoms with Crippen LogP contribution in [0, 0.1) is 13.8 Å². The van der Waals surface area contributed by atoms with E-state index in [1.54, 1.807) is 12.1 Å². The Morgan fingerprint density at radius 3 is 2.50 bits per heavy atom. The molecule has 2 aromatic rings. The van der Waals surface area contributed by atoms with E-state index >= 15 is 0 Å². The molecule has 128 valence electrons. The van der Waals surface area contributed by atoms with Gasteiger partial charge in [-0.2, -0.15) is 0 Å². The van der Waals surface area contributed by atoms with Crippen molar-refractivity contribution in [2.75, 3.05) is 18.5 Å². The molecule has 0 atom stereocenters. The lowest BCUT2D eigenvalue weighted by Crippen LogP contribution is -2.11. The van der Waals surface area contributed by atoms with Gasteiger partial charge in [-0.3, -0.25) is 0 Å². The second-order valence-electron chi connectivity index (χ2n) is 5.47. The minimum Gasteiger partial charge on any atom is -0.494 e. The molecule has 0 aliphatic rings. The van der Waals surface area contributed by atoms with E-state index in [-0.39, 0.29) is 5.56 Å². The van der Waals surface area contributed by atoms with Gasteiger partial charge in [0, 0.05) is 11.6 Å². The molecule has 6 heteroatoms. The summed E-state index contributed by atoms with van der Waals surface area (Å²) in [6.45, 7) is 4.93. The molecule has 2 aromatic carbocycles. The van der Waals surface area contributed by atoms with Crippen LogP contribution in [0.3, 0.4) is 0 Å². The molecule has 0 amide bonds. The molecule has 2 N–H and O–H groups in total. The SMILES string of the molecule is Cc1cc(OCCCNc2c(Cl)cccc2C(=O)O)cc(C)c1Cl. The van der Waals surface area contributed by atoms with Crippen LogP contribution in [-0.4, -0.2) is 24.2 Å². The van der Waals surface area contributed by atoms with Gasteiger partial charge in [-0.15, -0.1) is 0 Å². The van der Waals surface area contributed by atoms with Crippen LogP contribution >= 0.6 is 23.2 Å². The molecule has 0 unspecified atom stereocenters. The zero-order valence-corrected chi connectivity index (χ0v) is 15.0. The summed E-state index contributed by atoms with van der Waals surface area (Å²) in [5, 5.41) is 13.4. The molecule has 0 heterocycles. The zero-order chi connectivity index (χ0) is 17.7. The summed E-state index contributed by atoms with van der Waals surface area (Å²) < 4.78 is 5.72. The molecule has 24 heavy (non-hydrogen) atoms. The van der Waals surface area contributed by atoms with Crippen molar-refractivity contribution < 1.29 is 14.6 Å². The van der Waals surface area contributed by atoms with Crippen LogP contribution in [0.5, 0.6) is 5.75 Å². The van der Waals surface area contributed by atoms with Gasteiger partial charge in [0.15, 0.2) is 0 Å². The van der Waals surface area contributed by atoms with Crippen LogP contribution in [0.1, 0.15) is 27.9 Å². The summed E-state index contributed by atoms with van der Waals surface area (Å²) in [6.07, 6.45) is 0.699. The Bertz CT molecular complexity index is 724. The van der Waals surface area contributed by atoms with Gasteiger partial charge in [-0.1, -0.05) is 29.3 Å². The number of nitrogens with one attached hydrogen (secondary N) is 1. The Balaban J connectivity index is 1.87. The molecule has 0 aromatic heterocycles. The Kier molecular flexibility index (Phi) is 6.35. The van der Waals surface area contributed by atoms with Crippen molar-refractivity contribution in [3.63, 3.8) is 0 Å². The first-order chi connectivity index (χ1) is 11.4. The normalized spacial score (nSPS) is 10.5. The molecule has 0 radical (unpaired) electrons. The molecular formula is C18H19Cl2NO3. The zero-order valence-electron chi connectivity index (χ0n) is 13.5. The quantitative estimate of drug-likeness (QED) is 0.661. The topological polar surface area (TPSA) is 58.6 Å².